The number of amides is 1. The van der Waals surface area contributed by atoms with Gasteiger partial charge in [0.1, 0.15) is 0 Å². The molecule has 0 aliphatic carbocycles. The van der Waals surface area contributed by atoms with Crippen LogP contribution in [0.2, 0.25) is 0 Å². The minimum Gasteiger partial charge on any atom is -0.387 e. The highest BCUT2D eigenvalue weighted by molar-refractivity contribution is 5.78. The number of likely N-dealkylation sites (tertiary alicyclic amines) is 1. The summed E-state index contributed by atoms with van der Waals surface area (Å²) < 4.78 is 0. The van der Waals surface area contributed by atoms with Crippen molar-refractivity contribution in [2.75, 3.05) is 26.2 Å². The molecule has 1 aromatic rings. The minimum absolute atomic E-state index is 0.00260. The van der Waals surface area contributed by atoms with Crippen molar-refractivity contribution < 1.29 is 9.90 Å². The van der Waals surface area contributed by atoms with Gasteiger partial charge < -0.3 is 10.4 Å². The van der Waals surface area contributed by atoms with E-state index in [4.69, 9.17) is 0 Å². The van der Waals surface area contributed by atoms with Crippen molar-refractivity contribution in [2.45, 2.75) is 32.8 Å². The number of aryl methyl sites for hydroxylation is 1. The van der Waals surface area contributed by atoms with Crippen molar-refractivity contribution >= 4 is 5.91 Å². The molecule has 1 fully saturated rings. The topological polar surface area (TPSA) is 52.6 Å². The third-order valence-electron chi connectivity index (χ3n) is 4.28. The Hall–Kier alpha value is -1.39. The summed E-state index contributed by atoms with van der Waals surface area (Å²) in [5.74, 6) is 0.768. The summed E-state index contributed by atoms with van der Waals surface area (Å²) in [6.45, 7) is 6.93. The van der Waals surface area contributed by atoms with Crippen LogP contribution in [0.5, 0.6) is 0 Å². The highest BCUT2D eigenvalue weighted by atomic mass is 16.3. The monoisotopic (exact) mass is 290 g/mol. The summed E-state index contributed by atoms with van der Waals surface area (Å²) >= 11 is 0. The standard InChI is InChI=1S/C17H26N2O2/c1-13-7-9-19(10-8-13)12-17(21)18-11-16(20)15-6-4-3-5-14(15)2/h3-6,13,16,20H,7-12H2,1-2H3,(H,18,21). The molecule has 0 aromatic heterocycles. The molecular formula is C17H26N2O2. The van der Waals surface area contributed by atoms with Gasteiger partial charge in [0, 0.05) is 6.54 Å². The molecule has 1 amide bonds. The number of piperidine rings is 1. The number of carbonyl (C=O) groups is 1. The lowest BCUT2D eigenvalue weighted by molar-refractivity contribution is -0.123. The van der Waals surface area contributed by atoms with Crippen LogP contribution in [0.1, 0.15) is 37.0 Å². The SMILES string of the molecule is Cc1ccccc1C(O)CNC(=O)CN1CCC(C)CC1. The molecule has 2 rings (SSSR count). The van der Waals surface area contributed by atoms with Crippen LogP contribution >= 0.6 is 0 Å². The molecule has 0 radical (unpaired) electrons. The summed E-state index contributed by atoms with van der Waals surface area (Å²) in [7, 11) is 0. The van der Waals surface area contributed by atoms with Gasteiger partial charge in [-0.1, -0.05) is 31.2 Å². The number of aliphatic hydroxyl groups is 1. The fourth-order valence-electron chi connectivity index (χ4n) is 2.76. The smallest absolute Gasteiger partial charge is 0.234 e. The van der Waals surface area contributed by atoms with E-state index in [9.17, 15) is 9.90 Å². The lowest BCUT2D eigenvalue weighted by Gasteiger charge is -2.29. The molecule has 1 heterocycles. The van der Waals surface area contributed by atoms with Crippen molar-refractivity contribution in [3.63, 3.8) is 0 Å². The van der Waals surface area contributed by atoms with Gasteiger partial charge in [-0.3, -0.25) is 9.69 Å². The predicted molar refractivity (Wildman–Crippen MR) is 84.0 cm³/mol. The maximum absolute atomic E-state index is 11.9. The Morgan fingerprint density at radius 3 is 2.71 bits per heavy atom. The highest BCUT2D eigenvalue weighted by Gasteiger charge is 2.18. The fourth-order valence-corrected chi connectivity index (χ4v) is 2.76. The fraction of sp³-hybridized carbons (Fsp3) is 0.588. The number of aliphatic hydroxyl groups excluding tert-OH is 1. The second kappa shape index (κ2) is 7.57. The van der Waals surface area contributed by atoms with Crippen molar-refractivity contribution in [1.82, 2.24) is 10.2 Å². The molecule has 21 heavy (non-hydrogen) atoms. The van der Waals surface area contributed by atoms with Crippen LogP contribution < -0.4 is 5.32 Å². The van der Waals surface area contributed by atoms with E-state index in [0.717, 1.165) is 30.1 Å². The first-order chi connectivity index (χ1) is 10.1. The molecule has 2 N–H and O–H groups in total. The molecule has 4 heteroatoms. The molecule has 1 aliphatic heterocycles. The summed E-state index contributed by atoms with van der Waals surface area (Å²) in [5, 5.41) is 13.0. The van der Waals surface area contributed by atoms with Crippen molar-refractivity contribution in [2.24, 2.45) is 5.92 Å². The second-order valence-electron chi connectivity index (χ2n) is 6.14. The van der Waals surface area contributed by atoms with E-state index in [-0.39, 0.29) is 12.5 Å². The summed E-state index contributed by atoms with van der Waals surface area (Å²) in [6, 6.07) is 7.72. The normalized spacial score (nSPS) is 18.4. The zero-order valence-electron chi connectivity index (χ0n) is 13.0. The van der Waals surface area contributed by atoms with Gasteiger partial charge in [0.15, 0.2) is 0 Å². The number of nitrogens with one attached hydrogen (secondary N) is 1. The molecular weight excluding hydrogens is 264 g/mol. The Morgan fingerprint density at radius 1 is 1.38 bits per heavy atom. The van der Waals surface area contributed by atoms with Crippen LogP contribution in [0.3, 0.4) is 0 Å². The van der Waals surface area contributed by atoms with Crippen LogP contribution in [0, 0.1) is 12.8 Å². The number of benzene rings is 1. The number of rotatable bonds is 5. The molecule has 1 unspecified atom stereocenters. The zero-order chi connectivity index (χ0) is 15.2. The average Bonchev–Trinajstić information content (AvgIpc) is 2.48. The van der Waals surface area contributed by atoms with Crippen LogP contribution in [0.4, 0.5) is 0 Å². The molecule has 0 saturated carbocycles. The molecule has 0 bridgehead atoms. The lowest BCUT2D eigenvalue weighted by atomic mass is 9.99. The number of nitrogens with zero attached hydrogens (tertiary/aromatic N) is 1. The predicted octanol–water partition coefficient (Wildman–Crippen LogP) is 1.88. The third kappa shape index (κ3) is 4.83. The van der Waals surface area contributed by atoms with E-state index in [1.165, 1.54) is 12.8 Å². The Balaban J connectivity index is 1.75. The van der Waals surface area contributed by atoms with Gasteiger partial charge in [-0.25, -0.2) is 0 Å². The minimum atomic E-state index is -0.642. The first-order valence-electron chi connectivity index (χ1n) is 7.79. The Kier molecular flexibility index (Phi) is 5.76. The first kappa shape index (κ1) is 16.0. The van der Waals surface area contributed by atoms with Gasteiger partial charge in [0.25, 0.3) is 0 Å². The summed E-state index contributed by atoms with van der Waals surface area (Å²) in [4.78, 5) is 14.1. The number of carbonyl (C=O) groups excluding carboxylic acids is 1. The molecule has 1 aliphatic rings. The van der Waals surface area contributed by atoms with Gasteiger partial charge in [0.05, 0.1) is 12.6 Å². The number of hydrogen-bond acceptors (Lipinski definition) is 3. The van der Waals surface area contributed by atoms with Crippen LogP contribution in [-0.2, 0) is 4.79 Å². The van der Waals surface area contributed by atoms with E-state index in [1.807, 2.05) is 31.2 Å². The maximum atomic E-state index is 11.9. The maximum Gasteiger partial charge on any atom is 0.234 e. The zero-order valence-corrected chi connectivity index (χ0v) is 13.0. The molecule has 4 nitrogen and oxygen atoms in total. The van der Waals surface area contributed by atoms with Crippen LogP contribution in [0.25, 0.3) is 0 Å². The highest BCUT2D eigenvalue weighted by Crippen LogP contribution is 2.17. The van der Waals surface area contributed by atoms with Crippen LogP contribution in [-0.4, -0.2) is 42.1 Å². The first-order valence-corrected chi connectivity index (χ1v) is 7.79. The average molecular weight is 290 g/mol. The van der Waals surface area contributed by atoms with Gasteiger partial charge in [-0.15, -0.1) is 0 Å². The van der Waals surface area contributed by atoms with E-state index in [1.54, 1.807) is 0 Å². The van der Waals surface area contributed by atoms with E-state index in [0.29, 0.717) is 6.54 Å². The Bertz CT molecular complexity index is 468. The van der Waals surface area contributed by atoms with E-state index >= 15 is 0 Å². The van der Waals surface area contributed by atoms with E-state index in [2.05, 4.69) is 17.1 Å². The van der Waals surface area contributed by atoms with Gasteiger partial charge in [0.2, 0.25) is 5.91 Å². The Morgan fingerprint density at radius 2 is 2.05 bits per heavy atom. The Labute approximate surface area is 127 Å². The molecule has 0 spiro atoms. The van der Waals surface area contributed by atoms with Crippen LogP contribution in [0.15, 0.2) is 24.3 Å². The summed E-state index contributed by atoms with van der Waals surface area (Å²) in [5.41, 5.74) is 1.92. The molecule has 1 aromatic carbocycles. The van der Waals surface area contributed by atoms with Crippen molar-refractivity contribution in [3.05, 3.63) is 35.4 Å². The van der Waals surface area contributed by atoms with Gasteiger partial charge in [-0.05, 0) is 49.9 Å². The largest absolute Gasteiger partial charge is 0.387 e. The molecule has 116 valence electrons. The second-order valence-corrected chi connectivity index (χ2v) is 6.14. The molecule has 1 saturated heterocycles. The van der Waals surface area contributed by atoms with E-state index < -0.39 is 6.10 Å². The molecule has 1 atom stereocenters. The lowest BCUT2D eigenvalue weighted by Crippen LogP contribution is -2.42. The van der Waals surface area contributed by atoms with Gasteiger partial charge >= 0.3 is 0 Å². The quantitative estimate of drug-likeness (QED) is 0.870. The summed E-state index contributed by atoms with van der Waals surface area (Å²) in [6.07, 6.45) is 1.69. The van der Waals surface area contributed by atoms with Crippen molar-refractivity contribution in [3.8, 4) is 0 Å². The third-order valence-corrected chi connectivity index (χ3v) is 4.28. The van der Waals surface area contributed by atoms with Gasteiger partial charge in [-0.2, -0.15) is 0 Å². The number of hydrogen-bond donors (Lipinski definition) is 2. The van der Waals surface area contributed by atoms with Crippen molar-refractivity contribution in [1.29, 1.82) is 0 Å².